The van der Waals surface area contributed by atoms with Crippen LogP contribution in [-0.4, -0.2) is 50.5 Å². The van der Waals surface area contributed by atoms with E-state index in [1.54, 1.807) is 16.6 Å². The van der Waals surface area contributed by atoms with Gasteiger partial charge >= 0.3 is 8.60 Å². The molecule has 4 atom stereocenters. The summed E-state index contributed by atoms with van der Waals surface area (Å²) in [6.45, 7) is 0.143. The van der Waals surface area contributed by atoms with Gasteiger partial charge in [-0.25, -0.2) is 9.50 Å². The summed E-state index contributed by atoms with van der Waals surface area (Å²) in [5.41, 5.74) is 7.14. The Labute approximate surface area is 127 Å². The molecule has 3 unspecified atom stereocenters. The van der Waals surface area contributed by atoms with Gasteiger partial charge in [0, 0.05) is 13.5 Å². The van der Waals surface area contributed by atoms with Crippen LogP contribution in [0.1, 0.15) is 18.2 Å². The molecule has 1 saturated heterocycles. The third-order valence-electron chi connectivity index (χ3n) is 3.52. The third-order valence-corrected chi connectivity index (χ3v) is 4.20. The Balaban J connectivity index is 1.75. The van der Waals surface area contributed by atoms with E-state index in [9.17, 15) is 10.00 Å². The van der Waals surface area contributed by atoms with Crippen molar-refractivity contribution in [3.63, 3.8) is 0 Å². The maximum atomic E-state index is 10.2. The molecule has 3 heterocycles. The number of aliphatic hydroxyl groups is 1. The summed E-state index contributed by atoms with van der Waals surface area (Å²) in [6, 6.07) is 3.58. The highest BCUT2D eigenvalue weighted by molar-refractivity contribution is 7.40. The Morgan fingerprint density at radius 2 is 2.36 bits per heavy atom. The number of fused-ring (bicyclic) bond motifs is 1. The smallest absolute Gasteiger partial charge is 0.329 e. The van der Waals surface area contributed by atoms with Crippen LogP contribution in [0.2, 0.25) is 0 Å². The van der Waals surface area contributed by atoms with Crippen molar-refractivity contribution in [3.8, 4) is 0 Å². The molecule has 0 radical (unpaired) electrons. The molecule has 0 spiro atoms. The quantitative estimate of drug-likeness (QED) is 0.673. The van der Waals surface area contributed by atoms with Gasteiger partial charge in [-0.3, -0.25) is 0 Å². The second-order valence-electron chi connectivity index (χ2n) is 4.90. The number of nitrogens with two attached hydrogens (primary N) is 1. The second-order valence-corrected chi connectivity index (χ2v) is 6.00. The highest BCUT2D eigenvalue weighted by atomic mass is 31.2. The minimum atomic E-state index is -1.90. The fourth-order valence-electron chi connectivity index (χ4n) is 2.51. The van der Waals surface area contributed by atoms with Crippen LogP contribution in [0, 0.1) is 0 Å². The van der Waals surface area contributed by atoms with E-state index < -0.39 is 20.8 Å². The Kier molecular flexibility index (Phi) is 4.53. The SMILES string of the molecule is COP(O)OCC1CC(O)[C@H](c2ccc3c(N)ncnn23)O1. The summed E-state index contributed by atoms with van der Waals surface area (Å²) in [5, 5.41) is 14.4. The number of aromatic nitrogens is 3. The number of ether oxygens (including phenoxy) is 1. The van der Waals surface area contributed by atoms with Crippen molar-refractivity contribution in [2.45, 2.75) is 24.7 Å². The van der Waals surface area contributed by atoms with Crippen LogP contribution in [0.5, 0.6) is 0 Å². The summed E-state index contributed by atoms with van der Waals surface area (Å²) in [4.78, 5) is 13.2. The van der Waals surface area contributed by atoms with E-state index in [4.69, 9.17) is 15.0 Å². The lowest BCUT2D eigenvalue weighted by molar-refractivity contribution is -0.0116. The largest absolute Gasteiger partial charge is 0.390 e. The zero-order chi connectivity index (χ0) is 15.7. The maximum absolute atomic E-state index is 10.2. The zero-order valence-corrected chi connectivity index (χ0v) is 12.8. The fraction of sp³-hybridized carbons (Fsp3) is 0.500. The molecule has 0 aliphatic carbocycles. The minimum absolute atomic E-state index is 0.143. The number of hydrogen-bond acceptors (Lipinski definition) is 8. The van der Waals surface area contributed by atoms with Crippen LogP contribution in [0.25, 0.3) is 5.52 Å². The van der Waals surface area contributed by atoms with Gasteiger partial charge in [0.15, 0.2) is 5.82 Å². The summed E-state index contributed by atoms with van der Waals surface area (Å²) < 4.78 is 17.2. The molecule has 0 amide bonds. The first-order valence-electron chi connectivity index (χ1n) is 6.68. The topological polar surface area (TPSA) is 124 Å². The van der Waals surface area contributed by atoms with Gasteiger partial charge in [-0.2, -0.15) is 5.10 Å². The van der Waals surface area contributed by atoms with E-state index >= 15 is 0 Å². The summed E-state index contributed by atoms with van der Waals surface area (Å²) in [5.74, 6) is 0.361. The van der Waals surface area contributed by atoms with Gasteiger partial charge in [-0.15, -0.1) is 0 Å². The van der Waals surface area contributed by atoms with Crippen molar-refractivity contribution in [3.05, 3.63) is 24.2 Å². The molecule has 3 rings (SSSR count). The molecular weight excluding hydrogens is 311 g/mol. The van der Waals surface area contributed by atoms with Crippen molar-refractivity contribution in [1.82, 2.24) is 14.6 Å². The molecule has 4 N–H and O–H groups in total. The average Bonchev–Trinajstić information content (AvgIpc) is 3.09. The highest BCUT2D eigenvalue weighted by Gasteiger charge is 2.37. The van der Waals surface area contributed by atoms with Crippen molar-refractivity contribution < 1.29 is 23.8 Å². The molecule has 9 nitrogen and oxygen atoms in total. The van der Waals surface area contributed by atoms with Crippen molar-refractivity contribution in [2.75, 3.05) is 19.5 Å². The first-order chi connectivity index (χ1) is 10.6. The minimum Gasteiger partial charge on any atom is -0.390 e. The molecule has 10 heteroatoms. The molecule has 2 aromatic rings. The average molecular weight is 328 g/mol. The molecule has 1 fully saturated rings. The molecule has 2 aromatic heterocycles. The van der Waals surface area contributed by atoms with Gasteiger partial charge in [-0.1, -0.05) is 0 Å². The third kappa shape index (κ3) is 2.91. The predicted molar refractivity (Wildman–Crippen MR) is 77.7 cm³/mol. The Bertz CT molecular complexity index is 653. The number of aliphatic hydroxyl groups excluding tert-OH is 1. The number of hydrogen-bond donors (Lipinski definition) is 3. The predicted octanol–water partition coefficient (Wildman–Crippen LogP) is 0.385. The number of anilines is 1. The first-order valence-corrected chi connectivity index (χ1v) is 7.81. The normalized spacial score (nSPS) is 26.6. The summed E-state index contributed by atoms with van der Waals surface area (Å²) in [6.07, 6.45) is 0.168. The summed E-state index contributed by atoms with van der Waals surface area (Å²) >= 11 is 0. The van der Waals surface area contributed by atoms with E-state index in [0.29, 0.717) is 23.4 Å². The standard InChI is InChI=1S/C12H17N4O5P/c1-19-22(18)20-5-7-4-10(17)11(21-7)8-2-3-9-12(13)14-6-15-16(8)9/h2-3,6-7,10-11,17-18H,4-5H2,1H3,(H2,13,14,15)/t7?,10?,11-,22?/m0/s1. The fourth-order valence-corrected chi connectivity index (χ4v) is 2.91. The van der Waals surface area contributed by atoms with Gasteiger partial charge in [0.05, 0.1) is 24.5 Å². The van der Waals surface area contributed by atoms with Crippen LogP contribution in [0.4, 0.5) is 5.82 Å². The van der Waals surface area contributed by atoms with Crippen LogP contribution >= 0.6 is 8.60 Å². The van der Waals surface area contributed by atoms with Crippen molar-refractivity contribution >= 4 is 19.9 Å². The molecule has 0 bridgehead atoms. The van der Waals surface area contributed by atoms with E-state index in [2.05, 4.69) is 14.6 Å². The first kappa shape index (κ1) is 15.5. The van der Waals surface area contributed by atoms with Crippen LogP contribution in [0.15, 0.2) is 18.5 Å². The number of rotatable bonds is 5. The van der Waals surface area contributed by atoms with Gasteiger partial charge in [0.1, 0.15) is 17.9 Å². The van der Waals surface area contributed by atoms with E-state index in [-0.39, 0.29) is 12.7 Å². The van der Waals surface area contributed by atoms with E-state index in [1.165, 1.54) is 13.4 Å². The molecule has 1 aliphatic rings. The lowest BCUT2D eigenvalue weighted by atomic mass is 10.1. The van der Waals surface area contributed by atoms with Crippen molar-refractivity contribution in [1.29, 1.82) is 0 Å². The van der Waals surface area contributed by atoms with Crippen LogP contribution < -0.4 is 5.73 Å². The Morgan fingerprint density at radius 3 is 3.14 bits per heavy atom. The highest BCUT2D eigenvalue weighted by Crippen LogP contribution is 2.37. The van der Waals surface area contributed by atoms with Gasteiger partial charge < -0.3 is 29.5 Å². The van der Waals surface area contributed by atoms with Crippen LogP contribution in [0.3, 0.4) is 0 Å². The lowest BCUT2D eigenvalue weighted by Crippen LogP contribution is -2.15. The molecule has 1 aliphatic heterocycles. The number of nitrogens with zero attached hydrogens (tertiary/aromatic N) is 3. The van der Waals surface area contributed by atoms with E-state index in [0.717, 1.165) is 0 Å². The maximum Gasteiger partial charge on any atom is 0.329 e. The van der Waals surface area contributed by atoms with E-state index in [1.807, 2.05) is 0 Å². The molecule has 120 valence electrons. The molecule has 22 heavy (non-hydrogen) atoms. The van der Waals surface area contributed by atoms with Gasteiger partial charge in [0.2, 0.25) is 0 Å². The number of nitrogen functional groups attached to an aromatic ring is 1. The molecular formula is C12H17N4O5P. The van der Waals surface area contributed by atoms with Gasteiger partial charge in [0.25, 0.3) is 0 Å². The zero-order valence-electron chi connectivity index (χ0n) is 11.9. The van der Waals surface area contributed by atoms with Gasteiger partial charge in [-0.05, 0) is 12.1 Å². The van der Waals surface area contributed by atoms with Crippen LogP contribution in [-0.2, 0) is 13.8 Å². The molecule has 0 aromatic carbocycles. The Morgan fingerprint density at radius 1 is 1.55 bits per heavy atom. The summed E-state index contributed by atoms with van der Waals surface area (Å²) in [7, 11) is -0.548. The Hall–Kier alpha value is -1.35. The van der Waals surface area contributed by atoms with Crippen molar-refractivity contribution in [2.24, 2.45) is 0 Å². The molecule has 0 saturated carbocycles. The second kappa shape index (κ2) is 6.41. The lowest BCUT2D eigenvalue weighted by Gasteiger charge is -2.15. The monoisotopic (exact) mass is 328 g/mol.